The number of pyridine rings is 1. The van der Waals surface area contributed by atoms with E-state index in [2.05, 4.69) is 15.2 Å². The van der Waals surface area contributed by atoms with Crippen LogP contribution < -0.4 is 19.5 Å². The lowest BCUT2D eigenvalue weighted by Gasteiger charge is -2.29. The SMILES string of the molecule is O=C(NCc1ccncc1)C(CN(Cc1ccc2c(c1)OCO2)CC1CCCO1)Oc1cccc(F)c1. The zero-order chi connectivity index (χ0) is 25.5. The molecule has 8 nitrogen and oxygen atoms in total. The van der Waals surface area contributed by atoms with Crippen LogP contribution in [0.5, 0.6) is 17.2 Å². The molecule has 2 aliphatic rings. The second-order valence-electron chi connectivity index (χ2n) is 9.15. The van der Waals surface area contributed by atoms with Gasteiger partial charge in [-0.05, 0) is 60.4 Å². The van der Waals surface area contributed by atoms with E-state index in [1.54, 1.807) is 24.5 Å². The van der Waals surface area contributed by atoms with E-state index in [4.69, 9.17) is 18.9 Å². The number of rotatable bonds is 11. The van der Waals surface area contributed by atoms with Crippen LogP contribution in [0.1, 0.15) is 24.0 Å². The van der Waals surface area contributed by atoms with Crippen LogP contribution in [0.4, 0.5) is 4.39 Å². The number of hydrogen-bond donors (Lipinski definition) is 1. The van der Waals surface area contributed by atoms with Crippen molar-refractivity contribution in [1.29, 1.82) is 0 Å². The summed E-state index contributed by atoms with van der Waals surface area (Å²) in [4.78, 5) is 19.5. The Hall–Kier alpha value is -3.69. The summed E-state index contributed by atoms with van der Waals surface area (Å²) >= 11 is 0. The molecule has 0 radical (unpaired) electrons. The number of halogens is 1. The summed E-state index contributed by atoms with van der Waals surface area (Å²) in [5, 5.41) is 2.95. The molecule has 5 rings (SSSR count). The van der Waals surface area contributed by atoms with Gasteiger partial charge in [-0.25, -0.2) is 4.39 Å². The zero-order valence-electron chi connectivity index (χ0n) is 20.5. The van der Waals surface area contributed by atoms with Crippen LogP contribution in [0.3, 0.4) is 0 Å². The Labute approximate surface area is 215 Å². The van der Waals surface area contributed by atoms with Gasteiger partial charge in [0.25, 0.3) is 5.91 Å². The Kier molecular flexibility index (Phi) is 8.12. The maximum absolute atomic E-state index is 13.9. The van der Waals surface area contributed by atoms with Crippen LogP contribution in [0.25, 0.3) is 0 Å². The third-order valence-electron chi connectivity index (χ3n) is 6.34. The Morgan fingerprint density at radius 3 is 2.78 bits per heavy atom. The number of nitrogens with one attached hydrogen (secondary N) is 1. The number of hydrogen-bond acceptors (Lipinski definition) is 7. The fraction of sp³-hybridized carbons (Fsp3) is 0.357. The molecule has 1 fully saturated rings. The Morgan fingerprint density at radius 1 is 1.11 bits per heavy atom. The van der Waals surface area contributed by atoms with Gasteiger partial charge in [0, 0.05) is 51.2 Å². The van der Waals surface area contributed by atoms with Crippen molar-refractivity contribution in [3.05, 3.63) is 83.9 Å². The first-order valence-corrected chi connectivity index (χ1v) is 12.4. The van der Waals surface area contributed by atoms with Gasteiger partial charge < -0.3 is 24.3 Å². The van der Waals surface area contributed by atoms with Gasteiger partial charge in [-0.3, -0.25) is 14.7 Å². The van der Waals surface area contributed by atoms with Crippen molar-refractivity contribution in [2.75, 3.05) is 26.5 Å². The van der Waals surface area contributed by atoms with E-state index in [0.717, 1.165) is 36.3 Å². The number of aromatic nitrogens is 1. The number of ether oxygens (including phenoxy) is 4. The standard InChI is InChI=1S/C28H30FN3O5/c29-22-3-1-4-23(14-22)37-27(28(33)31-15-20-8-10-30-11-9-20)18-32(17-24-5-2-12-34-24)16-21-6-7-25-26(13-21)36-19-35-25/h1,3-4,6-11,13-14,24,27H,2,5,12,15-19H2,(H,31,33). The minimum Gasteiger partial charge on any atom is -0.479 e. The predicted molar refractivity (Wildman–Crippen MR) is 134 cm³/mol. The van der Waals surface area contributed by atoms with Crippen molar-refractivity contribution in [2.24, 2.45) is 0 Å². The molecule has 2 unspecified atom stereocenters. The summed E-state index contributed by atoms with van der Waals surface area (Å²) in [7, 11) is 0. The largest absolute Gasteiger partial charge is 0.479 e. The van der Waals surface area contributed by atoms with Gasteiger partial charge in [-0.2, -0.15) is 0 Å². The van der Waals surface area contributed by atoms with E-state index in [9.17, 15) is 9.18 Å². The van der Waals surface area contributed by atoms with Crippen LogP contribution >= 0.6 is 0 Å². The monoisotopic (exact) mass is 507 g/mol. The quantitative estimate of drug-likeness (QED) is 0.424. The fourth-order valence-electron chi connectivity index (χ4n) is 4.49. The highest BCUT2D eigenvalue weighted by Crippen LogP contribution is 2.33. The molecule has 2 aliphatic heterocycles. The first-order valence-electron chi connectivity index (χ1n) is 12.4. The van der Waals surface area contributed by atoms with Gasteiger partial charge in [-0.15, -0.1) is 0 Å². The van der Waals surface area contributed by atoms with Crippen LogP contribution in [0, 0.1) is 5.82 Å². The first kappa shape index (κ1) is 25.0. The topological polar surface area (TPSA) is 82.2 Å². The Bertz CT molecular complexity index is 1190. The van der Waals surface area contributed by atoms with E-state index in [1.165, 1.54) is 12.1 Å². The average molecular weight is 508 g/mol. The summed E-state index contributed by atoms with van der Waals surface area (Å²) in [5.74, 6) is 1.01. The summed E-state index contributed by atoms with van der Waals surface area (Å²) < 4.78 is 36.8. The van der Waals surface area contributed by atoms with E-state index >= 15 is 0 Å². The van der Waals surface area contributed by atoms with E-state index in [0.29, 0.717) is 31.1 Å². The van der Waals surface area contributed by atoms with Gasteiger partial charge in [0.2, 0.25) is 6.79 Å². The Morgan fingerprint density at radius 2 is 1.97 bits per heavy atom. The number of fused-ring (bicyclic) bond motifs is 1. The summed E-state index contributed by atoms with van der Waals surface area (Å²) in [6, 6.07) is 15.4. The Balaban J connectivity index is 1.34. The predicted octanol–water partition coefficient (Wildman–Crippen LogP) is 3.69. The summed E-state index contributed by atoms with van der Waals surface area (Å²) in [5.41, 5.74) is 1.94. The second-order valence-corrected chi connectivity index (χ2v) is 9.15. The minimum atomic E-state index is -0.876. The maximum atomic E-state index is 13.9. The molecule has 0 bridgehead atoms. The summed E-state index contributed by atoms with van der Waals surface area (Å²) in [6.45, 7) is 2.75. The number of nitrogens with zero attached hydrogens (tertiary/aromatic N) is 2. The van der Waals surface area contributed by atoms with Gasteiger partial charge in [-0.1, -0.05) is 12.1 Å². The molecule has 3 heterocycles. The number of amides is 1. The fourth-order valence-corrected chi connectivity index (χ4v) is 4.49. The van der Waals surface area contributed by atoms with Crippen molar-refractivity contribution in [3.63, 3.8) is 0 Å². The van der Waals surface area contributed by atoms with Crippen LogP contribution in [0.15, 0.2) is 67.0 Å². The van der Waals surface area contributed by atoms with Gasteiger partial charge in [0.05, 0.1) is 6.10 Å². The molecular formula is C28H30FN3O5. The first-order chi connectivity index (χ1) is 18.1. The maximum Gasteiger partial charge on any atom is 0.262 e. The molecule has 194 valence electrons. The van der Waals surface area contributed by atoms with Gasteiger partial charge >= 0.3 is 0 Å². The lowest BCUT2D eigenvalue weighted by atomic mass is 10.1. The molecule has 0 spiro atoms. The van der Waals surface area contributed by atoms with Crippen molar-refractivity contribution in [2.45, 2.75) is 38.1 Å². The molecule has 2 aromatic carbocycles. The molecule has 1 aromatic heterocycles. The van der Waals surface area contributed by atoms with Crippen molar-refractivity contribution >= 4 is 5.91 Å². The molecule has 1 saturated heterocycles. The second kappa shape index (κ2) is 12.0. The van der Waals surface area contributed by atoms with Crippen molar-refractivity contribution in [1.82, 2.24) is 15.2 Å². The lowest BCUT2D eigenvalue weighted by molar-refractivity contribution is -0.129. The van der Waals surface area contributed by atoms with Crippen LogP contribution in [0.2, 0.25) is 0 Å². The summed E-state index contributed by atoms with van der Waals surface area (Å²) in [6.07, 6.45) is 4.52. The third kappa shape index (κ3) is 6.96. The number of carbonyl (C=O) groups excluding carboxylic acids is 1. The number of benzene rings is 2. The zero-order valence-corrected chi connectivity index (χ0v) is 20.5. The third-order valence-corrected chi connectivity index (χ3v) is 6.34. The smallest absolute Gasteiger partial charge is 0.262 e. The molecule has 0 saturated carbocycles. The molecule has 1 amide bonds. The normalized spacial score (nSPS) is 17.1. The van der Waals surface area contributed by atoms with E-state index in [-0.39, 0.29) is 25.3 Å². The minimum absolute atomic E-state index is 0.0729. The van der Waals surface area contributed by atoms with Crippen LogP contribution in [-0.2, 0) is 22.6 Å². The molecule has 37 heavy (non-hydrogen) atoms. The molecular weight excluding hydrogens is 477 g/mol. The lowest BCUT2D eigenvalue weighted by Crippen LogP contribution is -2.47. The van der Waals surface area contributed by atoms with Crippen LogP contribution in [-0.4, -0.2) is 54.5 Å². The van der Waals surface area contributed by atoms with E-state index in [1.807, 2.05) is 30.3 Å². The van der Waals surface area contributed by atoms with Gasteiger partial charge in [0.1, 0.15) is 11.6 Å². The highest BCUT2D eigenvalue weighted by Gasteiger charge is 2.27. The highest BCUT2D eigenvalue weighted by molar-refractivity contribution is 5.81. The molecule has 3 aromatic rings. The molecule has 1 N–H and O–H groups in total. The number of carbonyl (C=O) groups is 1. The van der Waals surface area contributed by atoms with E-state index < -0.39 is 11.9 Å². The van der Waals surface area contributed by atoms with Crippen molar-refractivity contribution < 1.29 is 28.1 Å². The van der Waals surface area contributed by atoms with Gasteiger partial charge in [0.15, 0.2) is 17.6 Å². The molecule has 0 aliphatic carbocycles. The average Bonchev–Trinajstić information content (AvgIpc) is 3.59. The van der Waals surface area contributed by atoms with Crippen molar-refractivity contribution in [3.8, 4) is 17.2 Å². The highest BCUT2D eigenvalue weighted by atomic mass is 19.1. The molecule has 9 heteroatoms. The molecule has 2 atom stereocenters.